The Labute approximate surface area is 178 Å². The van der Waals surface area contributed by atoms with Crippen LogP contribution >= 0.6 is 11.8 Å². The number of benzene rings is 2. The summed E-state index contributed by atoms with van der Waals surface area (Å²) in [5, 5.41) is 9.92. The first-order chi connectivity index (χ1) is 14.5. The number of hydrogen-bond donors (Lipinski definition) is 1. The minimum Gasteiger partial charge on any atom is -0.503 e. The quantitative estimate of drug-likeness (QED) is 0.751. The number of nitrogens with zero attached hydrogens (tertiary/aromatic N) is 1. The first-order valence-electron chi connectivity index (χ1n) is 9.39. The zero-order valence-corrected chi connectivity index (χ0v) is 17.6. The van der Waals surface area contributed by atoms with Crippen LogP contribution in [0.3, 0.4) is 0 Å². The minimum atomic E-state index is -0.814. The second kappa shape index (κ2) is 7.91. The van der Waals surface area contributed by atoms with Crippen molar-refractivity contribution in [3.63, 3.8) is 0 Å². The number of rotatable bonds is 4. The maximum absolute atomic E-state index is 13.1. The van der Waals surface area contributed by atoms with Crippen LogP contribution in [0.4, 0.5) is 5.69 Å². The van der Waals surface area contributed by atoms with E-state index < -0.39 is 28.9 Å². The number of anilines is 1. The number of hydrogen-bond acceptors (Lipinski definition) is 6. The molecule has 0 saturated heterocycles. The minimum absolute atomic E-state index is 0.366. The molecule has 1 N–H and O–H groups in total. The molecule has 0 bridgehead atoms. The molecule has 2 heterocycles. The number of fused-ring (bicyclic) bond motifs is 1. The molecule has 2 atom stereocenters. The van der Waals surface area contributed by atoms with Crippen LogP contribution in [-0.4, -0.2) is 42.5 Å². The van der Waals surface area contributed by atoms with Gasteiger partial charge in [0.2, 0.25) is 0 Å². The Hall–Kier alpha value is -3.19. The molecule has 0 fully saturated rings. The van der Waals surface area contributed by atoms with Gasteiger partial charge < -0.3 is 14.6 Å². The fourth-order valence-corrected chi connectivity index (χ4v) is 5.26. The molecular formula is C23H21NO5S. The predicted octanol–water partition coefficient (Wildman–Crippen LogP) is 3.94. The van der Waals surface area contributed by atoms with Gasteiger partial charge in [-0.1, -0.05) is 30.3 Å². The Kier molecular flexibility index (Phi) is 5.30. The lowest BCUT2D eigenvalue weighted by molar-refractivity contribution is -0.139. The summed E-state index contributed by atoms with van der Waals surface area (Å²) in [5.41, 5.74) is 2.80. The van der Waals surface area contributed by atoms with E-state index in [1.165, 1.54) is 23.8 Å². The summed E-state index contributed by atoms with van der Waals surface area (Å²) >= 11 is 1.30. The summed E-state index contributed by atoms with van der Waals surface area (Å²) in [6.45, 7) is 1.93. The highest BCUT2D eigenvalue weighted by Gasteiger charge is 2.50. The van der Waals surface area contributed by atoms with E-state index in [9.17, 15) is 14.7 Å². The average molecular weight is 423 g/mol. The molecule has 0 spiro atoms. The number of esters is 1. The van der Waals surface area contributed by atoms with E-state index >= 15 is 0 Å². The van der Waals surface area contributed by atoms with E-state index in [1.54, 1.807) is 31.4 Å². The van der Waals surface area contributed by atoms with E-state index in [4.69, 9.17) is 9.47 Å². The fourth-order valence-electron chi connectivity index (χ4n) is 3.89. The Bertz CT molecular complexity index is 1060. The summed E-state index contributed by atoms with van der Waals surface area (Å²) in [7, 11) is 2.88. The number of aliphatic hydroxyl groups is 1. The fraction of sp³-hybridized carbons (Fsp3) is 0.217. The van der Waals surface area contributed by atoms with Crippen molar-refractivity contribution in [3.05, 3.63) is 77.1 Å². The zero-order valence-electron chi connectivity index (χ0n) is 16.8. The summed E-state index contributed by atoms with van der Waals surface area (Å²) < 4.78 is 10.2. The van der Waals surface area contributed by atoms with Gasteiger partial charge in [-0.2, -0.15) is 0 Å². The number of thioether (sulfide) groups is 1. The largest absolute Gasteiger partial charge is 0.503 e. The van der Waals surface area contributed by atoms with Crippen LogP contribution in [0.1, 0.15) is 12.5 Å². The van der Waals surface area contributed by atoms with Gasteiger partial charge in [-0.25, -0.2) is 0 Å². The van der Waals surface area contributed by atoms with Crippen LogP contribution < -0.4 is 9.64 Å². The molecule has 0 aromatic heterocycles. The Morgan fingerprint density at radius 3 is 2.33 bits per heavy atom. The Balaban J connectivity index is 1.89. The highest BCUT2D eigenvalue weighted by atomic mass is 32.2. The standard InChI is InChI=1S/C23H21NO5S/c1-13-18-17(19(25)22(26)24(18)15-9-11-16(28-2)12-10-15)21(23(27)29-3)30-20(13)14-7-5-4-6-8-14/h4-12,18,21,25H,1-3H3. The van der Waals surface area contributed by atoms with Crippen LogP contribution in [0.25, 0.3) is 4.91 Å². The van der Waals surface area contributed by atoms with E-state index in [0.717, 1.165) is 16.0 Å². The van der Waals surface area contributed by atoms with Crippen LogP contribution in [-0.2, 0) is 14.3 Å². The van der Waals surface area contributed by atoms with Gasteiger partial charge in [-0.05, 0) is 42.3 Å². The predicted molar refractivity (Wildman–Crippen MR) is 116 cm³/mol. The first kappa shape index (κ1) is 20.1. The first-order valence-corrected chi connectivity index (χ1v) is 10.3. The molecule has 7 heteroatoms. The monoisotopic (exact) mass is 423 g/mol. The number of amides is 1. The summed E-state index contributed by atoms with van der Waals surface area (Å²) in [5.74, 6) is -0.781. The lowest BCUT2D eigenvalue weighted by atomic mass is 9.94. The normalized spacial score (nSPS) is 21.0. The van der Waals surface area contributed by atoms with Gasteiger partial charge in [0.15, 0.2) is 5.76 Å². The van der Waals surface area contributed by atoms with Gasteiger partial charge in [-0.15, -0.1) is 11.8 Å². The number of carbonyl (C=O) groups excluding carboxylic acids is 2. The third-order valence-electron chi connectivity index (χ3n) is 5.34. The average Bonchev–Trinajstić information content (AvgIpc) is 3.05. The lowest BCUT2D eigenvalue weighted by Gasteiger charge is -2.35. The maximum atomic E-state index is 13.1. The van der Waals surface area contributed by atoms with Crippen molar-refractivity contribution in [3.8, 4) is 5.75 Å². The van der Waals surface area contributed by atoms with Crippen LogP contribution in [0.2, 0.25) is 0 Å². The van der Waals surface area contributed by atoms with E-state index in [2.05, 4.69) is 0 Å². The van der Waals surface area contributed by atoms with Gasteiger partial charge >= 0.3 is 5.97 Å². The molecule has 30 heavy (non-hydrogen) atoms. The molecule has 2 aromatic carbocycles. The zero-order chi connectivity index (χ0) is 21.4. The van der Waals surface area contributed by atoms with Crippen molar-refractivity contribution in [1.82, 2.24) is 0 Å². The summed E-state index contributed by atoms with van der Waals surface area (Å²) in [6, 6.07) is 16.1. The molecular weight excluding hydrogens is 402 g/mol. The van der Waals surface area contributed by atoms with Crippen molar-refractivity contribution in [1.29, 1.82) is 0 Å². The molecule has 0 aliphatic carbocycles. The van der Waals surface area contributed by atoms with Crippen molar-refractivity contribution >= 4 is 34.2 Å². The molecule has 1 amide bonds. The Morgan fingerprint density at radius 2 is 1.73 bits per heavy atom. The topological polar surface area (TPSA) is 76.1 Å². The van der Waals surface area contributed by atoms with Crippen molar-refractivity contribution < 1.29 is 24.2 Å². The maximum Gasteiger partial charge on any atom is 0.323 e. The van der Waals surface area contributed by atoms with E-state index in [0.29, 0.717) is 17.0 Å². The number of methoxy groups -OCH3 is 2. The third-order valence-corrected chi connectivity index (χ3v) is 6.81. The van der Waals surface area contributed by atoms with Crippen LogP contribution in [0.5, 0.6) is 5.75 Å². The van der Waals surface area contributed by atoms with Gasteiger partial charge in [0, 0.05) is 16.2 Å². The Morgan fingerprint density at radius 1 is 1.07 bits per heavy atom. The van der Waals surface area contributed by atoms with Crippen molar-refractivity contribution in [2.24, 2.45) is 0 Å². The SMILES string of the molecule is COC(=O)C1SC(c2ccccc2)=C(C)C2C1=C(O)C(=O)N2c1ccc(OC)cc1. The molecule has 2 unspecified atom stereocenters. The number of carbonyl (C=O) groups is 2. The molecule has 2 aliphatic heterocycles. The lowest BCUT2D eigenvalue weighted by Crippen LogP contribution is -2.41. The van der Waals surface area contributed by atoms with Gasteiger partial charge in [0.25, 0.3) is 5.91 Å². The summed E-state index contributed by atoms with van der Waals surface area (Å²) in [6.07, 6.45) is 0. The van der Waals surface area contributed by atoms with Crippen molar-refractivity contribution in [2.45, 2.75) is 18.2 Å². The number of aliphatic hydroxyl groups excluding tert-OH is 1. The third kappa shape index (κ3) is 3.15. The van der Waals surface area contributed by atoms with E-state index in [1.807, 2.05) is 37.3 Å². The molecule has 0 radical (unpaired) electrons. The molecule has 6 nitrogen and oxygen atoms in total. The second-order valence-corrected chi connectivity index (χ2v) is 8.09. The molecule has 0 saturated carbocycles. The van der Waals surface area contributed by atoms with Gasteiger partial charge in [-0.3, -0.25) is 14.5 Å². The van der Waals surface area contributed by atoms with Gasteiger partial charge in [0.1, 0.15) is 11.0 Å². The smallest absolute Gasteiger partial charge is 0.323 e. The van der Waals surface area contributed by atoms with Gasteiger partial charge in [0.05, 0.1) is 20.3 Å². The molecule has 2 aliphatic rings. The second-order valence-electron chi connectivity index (χ2n) is 6.98. The van der Waals surface area contributed by atoms with Crippen molar-refractivity contribution in [2.75, 3.05) is 19.1 Å². The number of ether oxygens (including phenoxy) is 2. The van der Waals surface area contributed by atoms with Crippen LogP contribution in [0.15, 0.2) is 71.5 Å². The molecule has 2 aromatic rings. The summed E-state index contributed by atoms with van der Waals surface area (Å²) in [4.78, 5) is 28.1. The molecule has 154 valence electrons. The molecule has 4 rings (SSSR count). The van der Waals surface area contributed by atoms with Crippen LogP contribution in [0, 0.1) is 0 Å². The highest BCUT2D eigenvalue weighted by molar-refractivity contribution is 8.09. The van der Waals surface area contributed by atoms with E-state index in [-0.39, 0.29) is 0 Å². The highest BCUT2D eigenvalue weighted by Crippen LogP contribution is 2.50.